The van der Waals surface area contributed by atoms with Crippen LogP contribution in [0.2, 0.25) is 0 Å². The highest BCUT2D eigenvalue weighted by Gasteiger charge is 2.07. The van der Waals surface area contributed by atoms with Crippen molar-refractivity contribution < 1.29 is 4.39 Å². The molecule has 0 aliphatic carbocycles. The van der Waals surface area contributed by atoms with Crippen LogP contribution in [0.15, 0.2) is 23.2 Å². The van der Waals surface area contributed by atoms with Gasteiger partial charge in [-0.2, -0.15) is 0 Å². The van der Waals surface area contributed by atoms with Crippen LogP contribution in [0.4, 0.5) is 4.39 Å². The summed E-state index contributed by atoms with van der Waals surface area (Å²) in [6.07, 6.45) is 2.30. The molecule has 0 atom stereocenters. The van der Waals surface area contributed by atoms with E-state index < -0.39 is 0 Å². The Morgan fingerprint density at radius 2 is 2.00 bits per heavy atom. The first-order valence-corrected chi connectivity index (χ1v) is 7.81. The van der Waals surface area contributed by atoms with Crippen molar-refractivity contribution in [3.8, 4) is 0 Å². The quantitative estimate of drug-likeness (QED) is 0.621. The first-order valence-electron chi connectivity index (χ1n) is 7.81. The van der Waals surface area contributed by atoms with Crippen LogP contribution >= 0.6 is 0 Å². The van der Waals surface area contributed by atoms with Crippen molar-refractivity contribution in [3.63, 3.8) is 0 Å². The van der Waals surface area contributed by atoms with Crippen LogP contribution in [-0.2, 0) is 13.1 Å². The molecule has 1 aromatic carbocycles. The molecule has 0 saturated heterocycles. The van der Waals surface area contributed by atoms with Crippen LogP contribution in [0.1, 0.15) is 30.9 Å². The Bertz CT molecular complexity index is 486. The van der Waals surface area contributed by atoms with Crippen LogP contribution in [0.25, 0.3) is 0 Å². The normalized spacial score (nSPS) is 11.9. The molecule has 1 N–H and O–H groups in total. The van der Waals surface area contributed by atoms with Crippen molar-refractivity contribution in [2.75, 3.05) is 34.7 Å². The summed E-state index contributed by atoms with van der Waals surface area (Å²) in [5.74, 6) is 0.717. The number of guanidine groups is 1. The second-order valence-corrected chi connectivity index (χ2v) is 5.84. The SMILES string of the molecule is CCCCN(C)C(=NC)NCc1ccc(F)c(CN(C)C)c1. The van der Waals surface area contributed by atoms with E-state index in [2.05, 4.69) is 22.1 Å². The van der Waals surface area contributed by atoms with E-state index in [-0.39, 0.29) is 5.82 Å². The topological polar surface area (TPSA) is 30.9 Å². The highest BCUT2D eigenvalue weighted by atomic mass is 19.1. The van der Waals surface area contributed by atoms with Crippen molar-refractivity contribution in [3.05, 3.63) is 35.1 Å². The lowest BCUT2D eigenvalue weighted by atomic mass is 10.1. The number of hydrogen-bond donors (Lipinski definition) is 1. The highest BCUT2D eigenvalue weighted by molar-refractivity contribution is 5.79. The molecule has 0 amide bonds. The smallest absolute Gasteiger partial charge is 0.193 e. The average molecular weight is 308 g/mol. The Labute approximate surface area is 134 Å². The Balaban J connectivity index is 2.66. The molecular weight excluding hydrogens is 279 g/mol. The van der Waals surface area contributed by atoms with E-state index in [1.807, 2.05) is 38.2 Å². The van der Waals surface area contributed by atoms with Gasteiger partial charge in [0.2, 0.25) is 0 Å². The number of halogens is 1. The maximum Gasteiger partial charge on any atom is 0.193 e. The van der Waals surface area contributed by atoms with Crippen molar-refractivity contribution in [2.45, 2.75) is 32.9 Å². The molecule has 4 nitrogen and oxygen atoms in total. The Kier molecular flexibility index (Phi) is 7.88. The molecule has 0 bridgehead atoms. The molecule has 1 rings (SSSR count). The summed E-state index contributed by atoms with van der Waals surface area (Å²) in [6, 6.07) is 5.28. The first kappa shape index (κ1) is 18.4. The summed E-state index contributed by atoms with van der Waals surface area (Å²) in [7, 11) is 7.70. The second-order valence-electron chi connectivity index (χ2n) is 5.84. The predicted octanol–water partition coefficient (Wildman–Crippen LogP) is 2.69. The van der Waals surface area contributed by atoms with Gasteiger partial charge in [-0.15, -0.1) is 0 Å². The number of benzene rings is 1. The molecule has 0 fully saturated rings. The van der Waals surface area contributed by atoms with Gasteiger partial charge in [-0.05, 0) is 38.2 Å². The molecular formula is C17H29FN4. The average Bonchev–Trinajstić information content (AvgIpc) is 2.48. The molecule has 124 valence electrons. The molecule has 0 aliphatic heterocycles. The van der Waals surface area contributed by atoms with E-state index in [0.29, 0.717) is 13.1 Å². The largest absolute Gasteiger partial charge is 0.352 e. The van der Waals surface area contributed by atoms with Crippen LogP contribution < -0.4 is 5.32 Å². The van der Waals surface area contributed by atoms with Crippen molar-refractivity contribution in [2.24, 2.45) is 4.99 Å². The van der Waals surface area contributed by atoms with Crippen LogP contribution in [0, 0.1) is 5.82 Å². The fourth-order valence-corrected chi connectivity index (χ4v) is 2.27. The maximum absolute atomic E-state index is 13.8. The van der Waals surface area contributed by atoms with Gasteiger partial charge in [0.15, 0.2) is 5.96 Å². The molecule has 0 aliphatic rings. The fraction of sp³-hybridized carbons (Fsp3) is 0.588. The van der Waals surface area contributed by atoms with Crippen molar-refractivity contribution in [1.29, 1.82) is 0 Å². The fourth-order valence-electron chi connectivity index (χ4n) is 2.27. The number of aliphatic imine (C=N–C) groups is 1. The first-order chi connectivity index (χ1) is 10.5. The van der Waals surface area contributed by atoms with Gasteiger partial charge < -0.3 is 15.1 Å². The minimum absolute atomic E-state index is 0.151. The number of nitrogens with one attached hydrogen (secondary N) is 1. The van der Waals surface area contributed by atoms with Gasteiger partial charge in [0.25, 0.3) is 0 Å². The van der Waals surface area contributed by atoms with E-state index in [0.717, 1.165) is 36.5 Å². The van der Waals surface area contributed by atoms with Crippen LogP contribution in [0.5, 0.6) is 0 Å². The van der Waals surface area contributed by atoms with Crippen LogP contribution in [0.3, 0.4) is 0 Å². The molecule has 0 saturated carbocycles. The third-order valence-corrected chi connectivity index (χ3v) is 3.47. The third-order valence-electron chi connectivity index (χ3n) is 3.47. The lowest BCUT2D eigenvalue weighted by molar-refractivity contribution is 0.392. The van der Waals surface area contributed by atoms with Gasteiger partial charge in [0, 0.05) is 39.3 Å². The molecule has 0 aromatic heterocycles. The Hall–Kier alpha value is -1.62. The molecule has 22 heavy (non-hydrogen) atoms. The van der Waals surface area contributed by atoms with E-state index >= 15 is 0 Å². The summed E-state index contributed by atoms with van der Waals surface area (Å²) < 4.78 is 13.8. The number of rotatable bonds is 7. The lowest BCUT2D eigenvalue weighted by Crippen LogP contribution is -2.39. The summed E-state index contributed by atoms with van der Waals surface area (Å²) in [6.45, 7) is 4.40. The number of nitrogens with zero attached hydrogens (tertiary/aromatic N) is 3. The van der Waals surface area contributed by atoms with Gasteiger partial charge in [-0.3, -0.25) is 4.99 Å². The Morgan fingerprint density at radius 3 is 2.59 bits per heavy atom. The minimum atomic E-state index is -0.151. The molecule has 0 heterocycles. The van der Waals surface area contributed by atoms with E-state index in [9.17, 15) is 4.39 Å². The predicted molar refractivity (Wildman–Crippen MR) is 91.5 cm³/mol. The summed E-state index contributed by atoms with van der Waals surface area (Å²) in [5.41, 5.74) is 1.78. The van der Waals surface area contributed by atoms with E-state index in [1.54, 1.807) is 13.1 Å². The third kappa shape index (κ3) is 6.02. The minimum Gasteiger partial charge on any atom is -0.352 e. The van der Waals surface area contributed by atoms with Gasteiger partial charge in [0.05, 0.1) is 0 Å². The molecule has 5 heteroatoms. The van der Waals surface area contributed by atoms with E-state index in [4.69, 9.17) is 0 Å². The summed E-state index contributed by atoms with van der Waals surface area (Å²) in [4.78, 5) is 8.38. The summed E-state index contributed by atoms with van der Waals surface area (Å²) >= 11 is 0. The lowest BCUT2D eigenvalue weighted by Gasteiger charge is -2.22. The van der Waals surface area contributed by atoms with Gasteiger partial charge in [-0.1, -0.05) is 19.4 Å². The van der Waals surface area contributed by atoms with E-state index in [1.165, 1.54) is 0 Å². The molecule has 0 radical (unpaired) electrons. The van der Waals surface area contributed by atoms with Gasteiger partial charge >= 0.3 is 0 Å². The van der Waals surface area contributed by atoms with Gasteiger partial charge in [0.1, 0.15) is 5.82 Å². The van der Waals surface area contributed by atoms with Crippen molar-refractivity contribution >= 4 is 5.96 Å². The zero-order valence-electron chi connectivity index (χ0n) is 14.5. The summed E-state index contributed by atoms with van der Waals surface area (Å²) in [5, 5.41) is 3.33. The monoisotopic (exact) mass is 308 g/mol. The molecule has 1 aromatic rings. The Morgan fingerprint density at radius 1 is 1.27 bits per heavy atom. The molecule has 0 spiro atoms. The second kappa shape index (κ2) is 9.41. The number of unbranched alkanes of at least 4 members (excludes halogenated alkanes) is 1. The van der Waals surface area contributed by atoms with Gasteiger partial charge in [-0.25, -0.2) is 4.39 Å². The molecule has 0 unspecified atom stereocenters. The van der Waals surface area contributed by atoms with Crippen LogP contribution in [-0.4, -0.2) is 50.5 Å². The standard InChI is InChI=1S/C17H29FN4/c1-6-7-10-22(5)17(19-2)20-12-14-8-9-16(18)15(11-14)13-21(3)4/h8-9,11H,6-7,10,12-13H2,1-5H3,(H,19,20). The zero-order chi connectivity index (χ0) is 16.5. The number of hydrogen-bond acceptors (Lipinski definition) is 2. The van der Waals surface area contributed by atoms with Crippen molar-refractivity contribution in [1.82, 2.24) is 15.1 Å². The maximum atomic E-state index is 13.8. The zero-order valence-corrected chi connectivity index (χ0v) is 14.5. The highest BCUT2D eigenvalue weighted by Crippen LogP contribution is 2.12.